The highest BCUT2D eigenvalue weighted by molar-refractivity contribution is 7.47. The number of ether oxygens (including phenoxy) is 4. The van der Waals surface area contributed by atoms with E-state index >= 15 is 0 Å². The van der Waals surface area contributed by atoms with E-state index in [-0.39, 0.29) is 25.7 Å². The predicted molar refractivity (Wildman–Crippen MR) is 432 cm³/mol. The molecule has 19 heteroatoms. The Hall–Kier alpha value is -1.94. The van der Waals surface area contributed by atoms with E-state index in [0.717, 1.165) is 102 Å². The van der Waals surface area contributed by atoms with Gasteiger partial charge in [-0.2, -0.15) is 0 Å². The van der Waals surface area contributed by atoms with Gasteiger partial charge < -0.3 is 33.8 Å². The first-order chi connectivity index (χ1) is 50.9. The molecule has 6 atom stereocenters. The number of unbranched alkanes of at least 4 members (excludes halogenated alkanes) is 54. The SMILES string of the molecule is CCCCCCCCCCCCCCCCCCCCCCC(=O)O[C@H](COC(=O)CCCCCCCCCCCCCCCCC(C)CC)COP(=O)(O)OC[C@@H](O)COP(=O)(O)OC[C@@H](COC(=O)CCCCCCCCCCCCC(C)C)OC(=O)CCCCCCCCCCCCCCCC. The first-order valence-electron chi connectivity index (χ1n) is 44.5. The summed E-state index contributed by atoms with van der Waals surface area (Å²) in [5.41, 5.74) is 0. The molecule has 0 radical (unpaired) electrons. The number of phosphoric acid groups is 2. The Morgan fingerprint density at radius 2 is 0.486 bits per heavy atom. The quantitative estimate of drug-likeness (QED) is 0.0222. The Morgan fingerprint density at radius 3 is 0.724 bits per heavy atom. The Balaban J connectivity index is 5.26. The second-order valence-corrected chi connectivity index (χ2v) is 34.6. The topological polar surface area (TPSA) is 237 Å². The minimum Gasteiger partial charge on any atom is -0.462 e. The van der Waals surface area contributed by atoms with E-state index in [2.05, 4.69) is 41.5 Å². The van der Waals surface area contributed by atoms with Crippen LogP contribution in [0.25, 0.3) is 0 Å². The normalized spacial score (nSPS) is 14.1. The number of rotatable bonds is 85. The van der Waals surface area contributed by atoms with Crippen molar-refractivity contribution in [2.45, 2.75) is 477 Å². The van der Waals surface area contributed by atoms with Crippen molar-refractivity contribution in [1.29, 1.82) is 0 Å². The molecule has 105 heavy (non-hydrogen) atoms. The van der Waals surface area contributed by atoms with Gasteiger partial charge in [0.15, 0.2) is 12.2 Å². The second kappa shape index (κ2) is 77.4. The number of carbonyl (C=O) groups excluding carboxylic acids is 4. The molecule has 3 N–H and O–H groups in total. The van der Waals surface area contributed by atoms with Gasteiger partial charge in [-0.25, -0.2) is 9.13 Å². The van der Waals surface area contributed by atoms with Gasteiger partial charge in [0, 0.05) is 25.7 Å². The molecule has 0 aliphatic carbocycles. The third kappa shape index (κ3) is 78.5. The molecule has 17 nitrogen and oxygen atoms in total. The van der Waals surface area contributed by atoms with E-state index in [0.29, 0.717) is 25.7 Å². The van der Waals surface area contributed by atoms with Crippen molar-refractivity contribution in [1.82, 2.24) is 0 Å². The first kappa shape index (κ1) is 103. The Labute approximate surface area is 645 Å². The standard InChI is InChI=1S/C86H168O17P2/c1-7-10-12-14-16-18-20-22-24-25-26-27-28-29-35-39-47-53-59-65-71-86(91)102-81(74-96-83(88)68-62-56-50-44-37-34-31-30-32-36-43-49-55-61-67-79(6)9-3)76-100-104(92,93)98-72-80(87)73-99-105(94,95)101-77-82(75-97-84(89)69-63-57-51-45-41-40-42-48-54-60-66-78(4)5)103-85(90)70-64-58-52-46-38-33-23-21-19-17-15-13-11-8-2/h78-82,87H,7-77H2,1-6H3,(H,92,93)(H,94,95)/t79?,80-,81-,82-/m1/s1. The van der Waals surface area contributed by atoms with Crippen LogP contribution in [-0.4, -0.2) is 96.7 Å². The summed E-state index contributed by atoms with van der Waals surface area (Å²) in [6.45, 7) is 9.73. The summed E-state index contributed by atoms with van der Waals surface area (Å²) >= 11 is 0. The van der Waals surface area contributed by atoms with Crippen LogP contribution >= 0.6 is 15.6 Å². The Bertz CT molecular complexity index is 2010. The lowest BCUT2D eigenvalue weighted by Gasteiger charge is -2.21. The maximum absolute atomic E-state index is 13.2. The molecule has 0 bridgehead atoms. The van der Waals surface area contributed by atoms with Gasteiger partial charge in [0.05, 0.1) is 26.4 Å². The Morgan fingerprint density at radius 1 is 0.276 bits per heavy atom. The number of phosphoric ester groups is 2. The van der Waals surface area contributed by atoms with Crippen molar-refractivity contribution in [3.05, 3.63) is 0 Å². The summed E-state index contributed by atoms with van der Waals surface area (Å²) in [5.74, 6) is -0.492. The molecule has 0 amide bonds. The lowest BCUT2D eigenvalue weighted by Crippen LogP contribution is -2.30. The Kier molecular flexibility index (Phi) is 76.0. The molecule has 0 rings (SSSR count). The van der Waals surface area contributed by atoms with E-state index in [1.54, 1.807) is 0 Å². The molecule has 0 aromatic rings. The molecule has 0 heterocycles. The fraction of sp³-hybridized carbons (Fsp3) is 0.953. The van der Waals surface area contributed by atoms with Gasteiger partial charge in [0.1, 0.15) is 19.3 Å². The van der Waals surface area contributed by atoms with Crippen LogP contribution in [0.1, 0.15) is 459 Å². The lowest BCUT2D eigenvalue weighted by molar-refractivity contribution is -0.161. The van der Waals surface area contributed by atoms with Crippen LogP contribution in [0, 0.1) is 11.8 Å². The van der Waals surface area contributed by atoms with Crippen LogP contribution < -0.4 is 0 Å². The third-order valence-corrected chi connectivity index (χ3v) is 22.5. The molecule has 0 saturated carbocycles. The third-order valence-electron chi connectivity index (χ3n) is 20.6. The van der Waals surface area contributed by atoms with Gasteiger partial charge >= 0.3 is 39.5 Å². The van der Waals surface area contributed by atoms with Gasteiger partial charge in [-0.15, -0.1) is 0 Å². The van der Waals surface area contributed by atoms with E-state index in [1.807, 2.05) is 0 Å². The van der Waals surface area contributed by atoms with Gasteiger partial charge in [0.25, 0.3) is 0 Å². The zero-order chi connectivity index (χ0) is 77.1. The highest BCUT2D eigenvalue weighted by Gasteiger charge is 2.30. The predicted octanol–water partition coefficient (Wildman–Crippen LogP) is 26.2. The summed E-state index contributed by atoms with van der Waals surface area (Å²) in [6, 6.07) is 0. The van der Waals surface area contributed by atoms with Crippen molar-refractivity contribution >= 4 is 39.5 Å². The van der Waals surface area contributed by atoms with Crippen molar-refractivity contribution in [3.8, 4) is 0 Å². The maximum Gasteiger partial charge on any atom is 0.472 e. The van der Waals surface area contributed by atoms with Crippen LogP contribution in [0.5, 0.6) is 0 Å². The van der Waals surface area contributed by atoms with E-state index < -0.39 is 97.5 Å². The van der Waals surface area contributed by atoms with Crippen LogP contribution in [0.15, 0.2) is 0 Å². The molecule has 0 saturated heterocycles. The minimum atomic E-state index is -4.97. The number of hydrogen-bond acceptors (Lipinski definition) is 15. The summed E-state index contributed by atoms with van der Waals surface area (Å²) < 4.78 is 68.9. The monoisotopic (exact) mass is 1540 g/mol. The summed E-state index contributed by atoms with van der Waals surface area (Å²) in [7, 11) is -9.93. The number of carbonyl (C=O) groups is 4. The van der Waals surface area contributed by atoms with E-state index in [4.69, 9.17) is 37.0 Å². The molecule has 0 aromatic heterocycles. The van der Waals surface area contributed by atoms with Crippen molar-refractivity contribution in [2.24, 2.45) is 11.8 Å². The van der Waals surface area contributed by atoms with Crippen LogP contribution in [-0.2, 0) is 65.4 Å². The van der Waals surface area contributed by atoms with Crippen molar-refractivity contribution in [3.63, 3.8) is 0 Å². The van der Waals surface area contributed by atoms with Crippen LogP contribution in [0.3, 0.4) is 0 Å². The molecule has 0 aromatic carbocycles. The molecule has 0 aliphatic rings. The maximum atomic E-state index is 13.2. The molecule has 624 valence electrons. The van der Waals surface area contributed by atoms with E-state index in [9.17, 15) is 43.2 Å². The largest absolute Gasteiger partial charge is 0.472 e. The highest BCUT2D eigenvalue weighted by atomic mass is 31.2. The van der Waals surface area contributed by atoms with Crippen LogP contribution in [0.2, 0.25) is 0 Å². The average Bonchev–Trinajstić information content (AvgIpc) is 0.929. The van der Waals surface area contributed by atoms with Gasteiger partial charge in [-0.1, -0.05) is 408 Å². The molecular formula is C86H168O17P2. The molecule has 3 unspecified atom stereocenters. The average molecular weight is 1540 g/mol. The smallest absolute Gasteiger partial charge is 0.462 e. The van der Waals surface area contributed by atoms with E-state index in [1.165, 1.54) is 276 Å². The molecule has 0 spiro atoms. The molecule has 0 fully saturated rings. The summed E-state index contributed by atoms with van der Waals surface area (Å²) in [6.07, 6.45) is 69.3. The van der Waals surface area contributed by atoms with Gasteiger partial charge in [-0.05, 0) is 37.5 Å². The number of esters is 4. The van der Waals surface area contributed by atoms with Crippen molar-refractivity contribution < 1.29 is 80.2 Å². The van der Waals surface area contributed by atoms with Crippen LogP contribution in [0.4, 0.5) is 0 Å². The minimum absolute atomic E-state index is 0.108. The van der Waals surface area contributed by atoms with Gasteiger partial charge in [0.2, 0.25) is 0 Å². The zero-order valence-corrected chi connectivity index (χ0v) is 70.8. The van der Waals surface area contributed by atoms with Crippen molar-refractivity contribution in [2.75, 3.05) is 39.6 Å². The number of hydrogen-bond donors (Lipinski definition) is 3. The zero-order valence-electron chi connectivity index (χ0n) is 69.0. The first-order valence-corrected chi connectivity index (χ1v) is 47.5. The fourth-order valence-corrected chi connectivity index (χ4v) is 15.0. The van der Waals surface area contributed by atoms with Gasteiger partial charge in [-0.3, -0.25) is 37.3 Å². The lowest BCUT2D eigenvalue weighted by atomic mass is 9.99. The summed E-state index contributed by atoms with van der Waals surface area (Å²) in [4.78, 5) is 73.3. The number of aliphatic hydroxyl groups excluding tert-OH is 1. The fourth-order valence-electron chi connectivity index (χ4n) is 13.4. The molecule has 0 aliphatic heterocycles. The summed E-state index contributed by atoms with van der Waals surface area (Å²) in [5, 5.41) is 10.7. The second-order valence-electron chi connectivity index (χ2n) is 31.6. The highest BCUT2D eigenvalue weighted by Crippen LogP contribution is 2.45. The molecular weight excluding hydrogens is 1370 g/mol. The number of aliphatic hydroxyl groups is 1.